The van der Waals surface area contributed by atoms with E-state index in [4.69, 9.17) is 0 Å². The van der Waals surface area contributed by atoms with E-state index in [1.807, 2.05) is 11.6 Å². The summed E-state index contributed by atoms with van der Waals surface area (Å²) < 4.78 is 15.2. The lowest BCUT2D eigenvalue weighted by atomic mass is 9.87. The number of hydrogen-bond acceptors (Lipinski definition) is 3. The minimum atomic E-state index is -0.878. The average Bonchev–Trinajstić information content (AvgIpc) is 2.77. The van der Waals surface area contributed by atoms with Gasteiger partial charge in [0.2, 0.25) is 0 Å². The smallest absolute Gasteiger partial charge is 0.123 e. The van der Waals surface area contributed by atoms with Crippen molar-refractivity contribution in [3.63, 3.8) is 0 Å². The number of nitrogens with zero attached hydrogens (tertiary/aromatic N) is 3. The van der Waals surface area contributed by atoms with Crippen LogP contribution >= 0.6 is 0 Å². The molecule has 0 saturated carbocycles. The molecule has 0 amide bonds. The second-order valence-electron chi connectivity index (χ2n) is 7.93. The summed E-state index contributed by atoms with van der Waals surface area (Å²) in [5.74, 6) is -0.268. The van der Waals surface area contributed by atoms with Crippen molar-refractivity contribution < 1.29 is 9.50 Å². The van der Waals surface area contributed by atoms with Gasteiger partial charge in [-0.15, -0.1) is 0 Å². The Morgan fingerprint density at radius 1 is 1.22 bits per heavy atom. The van der Waals surface area contributed by atoms with Crippen molar-refractivity contribution in [2.75, 3.05) is 13.1 Å². The van der Waals surface area contributed by atoms with Gasteiger partial charge in [-0.25, -0.2) is 4.39 Å². The third-order valence-electron chi connectivity index (χ3n) is 5.62. The van der Waals surface area contributed by atoms with E-state index in [0.717, 1.165) is 49.4 Å². The Morgan fingerprint density at radius 3 is 2.59 bits per heavy atom. The van der Waals surface area contributed by atoms with Gasteiger partial charge < -0.3 is 5.11 Å². The first-order valence-electron chi connectivity index (χ1n) is 9.66. The monoisotopic (exact) mass is 371 g/mol. The zero-order valence-electron chi connectivity index (χ0n) is 16.6. The lowest BCUT2D eigenvalue weighted by Crippen LogP contribution is -2.29. The molecule has 2 heterocycles. The van der Waals surface area contributed by atoms with Gasteiger partial charge in [-0.1, -0.05) is 24.3 Å². The fraction of sp³-hybridized carbons (Fsp3) is 0.500. The van der Waals surface area contributed by atoms with E-state index in [0.29, 0.717) is 12.8 Å². The quantitative estimate of drug-likeness (QED) is 0.805. The van der Waals surface area contributed by atoms with Crippen LogP contribution in [0.4, 0.5) is 4.39 Å². The first-order chi connectivity index (χ1) is 12.8. The minimum absolute atomic E-state index is 0.268. The van der Waals surface area contributed by atoms with E-state index in [9.17, 15) is 9.50 Å². The zero-order chi connectivity index (χ0) is 19.6. The van der Waals surface area contributed by atoms with Crippen LogP contribution in [0.15, 0.2) is 36.4 Å². The minimum Gasteiger partial charge on any atom is -0.385 e. The highest BCUT2D eigenvalue weighted by atomic mass is 19.1. The van der Waals surface area contributed by atoms with Crippen LogP contribution in [0.3, 0.4) is 0 Å². The predicted molar refractivity (Wildman–Crippen MR) is 106 cm³/mol. The lowest BCUT2D eigenvalue weighted by molar-refractivity contribution is 0.0209. The average molecular weight is 372 g/mol. The zero-order valence-corrected chi connectivity index (χ0v) is 16.6. The van der Waals surface area contributed by atoms with Gasteiger partial charge in [0.25, 0.3) is 0 Å². The maximum atomic E-state index is 13.2. The molecule has 0 bridgehead atoms. The molecule has 4 nitrogen and oxygen atoms in total. The van der Waals surface area contributed by atoms with Crippen molar-refractivity contribution in [3.8, 4) is 0 Å². The van der Waals surface area contributed by atoms with Gasteiger partial charge in [-0.05, 0) is 64.3 Å². The Hall–Kier alpha value is -1.98. The molecule has 1 aliphatic rings. The molecule has 1 atom stereocenters. The number of aliphatic hydroxyl groups is 1. The standard InChI is InChI=1S/C22H30FN3O/c1-16(2)14-26-18(4)21(17(3)24-26)15-25-12-5-10-22(27,11-13-25)19-6-8-20(23)9-7-19/h6-9,27H,1,5,10-15H2,2-4H3/t22-/m0/s1. The fourth-order valence-corrected chi connectivity index (χ4v) is 3.98. The second kappa shape index (κ2) is 7.95. The van der Waals surface area contributed by atoms with Gasteiger partial charge in [0.1, 0.15) is 5.82 Å². The first kappa shape index (κ1) is 19.8. The van der Waals surface area contributed by atoms with Gasteiger partial charge in [0.05, 0.1) is 17.8 Å². The molecule has 0 radical (unpaired) electrons. The molecular formula is C22H30FN3O. The van der Waals surface area contributed by atoms with Gasteiger partial charge >= 0.3 is 0 Å². The predicted octanol–water partition coefficient (Wildman–Crippen LogP) is 4.09. The fourth-order valence-electron chi connectivity index (χ4n) is 3.98. The van der Waals surface area contributed by atoms with Crippen LogP contribution in [-0.2, 0) is 18.7 Å². The lowest BCUT2D eigenvalue weighted by Gasteiger charge is -2.27. The van der Waals surface area contributed by atoms with Crippen molar-refractivity contribution >= 4 is 0 Å². The third kappa shape index (κ3) is 4.47. The Bertz CT molecular complexity index is 812. The van der Waals surface area contributed by atoms with Crippen molar-refractivity contribution in [2.45, 2.75) is 58.7 Å². The Balaban J connectivity index is 1.71. The number of likely N-dealkylation sites (tertiary alicyclic amines) is 1. The molecule has 1 fully saturated rings. The van der Waals surface area contributed by atoms with Crippen molar-refractivity contribution in [2.24, 2.45) is 0 Å². The van der Waals surface area contributed by atoms with E-state index < -0.39 is 5.60 Å². The van der Waals surface area contributed by atoms with E-state index >= 15 is 0 Å². The largest absolute Gasteiger partial charge is 0.385 e. The molecule has 1 saturated heterocycles. The molecule has 146 valence electrons. The SMILES string of the molecule is C=C(C)Cn1nc(C)c(CN2CCC[C@@](O)(c3ccc(F)cc3)CC2)c1C. The second-order valence-corrected chi connectivity index (χ2v) is 7.93. The summed E-state index contributed by atoms with van der Waals surface area (Å²) in [7, 11) is 0. The van der Waals surface area contributed by atoms with Crippen LogP contribution in [0.5, 0.6) is 0 Å². The summed E-state index contributed by atoms with van der Waals surface area (Å²) in [6, 6.07) is 6.28. The summed E-state index contributed by atoms with van der Waals surface area (Å²) in [5, 5.41) is 15.8. The van der Waals surface area contributed by atoms with E-state index in [-0.39, 0.29) is 5.82 Å². The third-order valence-corrected chi connectivity index (χ3v) is 5.62. The van der Waals surface area contributed by atoms with Crippen molar-refractivity contribution in [3.05, 3.63) is 64.7 Å². The summed E-state index contributed by atoms with van der Waals surface area (Å²) in [5.41, 5.74) is 4.54. The van der Waals surface area contributed by atoms with Gasteiger partial charge in [-0.2, -0.15) is 5.10 Å². The first-order valence-corrected chi connectivity index (χ1v) is 9.66. The summed E-state index contributed by atoms with van der Waals surface area (Å²) in [6.07, 6.45) is 2.25. The van der Waals surface area contributed by atoms with Crippen molar-refractivity contribution in [1.82, 2.24) is 14.7 Å². The van der Waals surface area contributed by atoms with Crippen LogP contribution in [-0.4, -0.2) is 32.9 Å². The molecule has 27 heavy (non-hydrogen) atoms. The van der Waals surface area contributed by atoms with E-state index in [1.165, 1.54) is 23.4 Å². The summed E-state index contributed by atoms with van der Waals surface area (Å²) in [6.45, 7) is 13.5. The molecule has 5 heteroatoms. The number of halogens is 1. The molecule has 3 rings (SSSR count). The van der Waals surface area contributed by atoms with E-state index in [2.05, 4.69) is 30.4 Å². The number of aromatic nitrogens is 2. The maximum absolute atomic E-state index is 13.2. The molecular weight excluding hydrogens is 341 g/mol. The molecule has 1 N–H and O–H groups in total. The Labute approximate surface area is 161 Å². The number of allylic oxidation sites excluding steroid dienone is 1. The van der Waals surface area contributed by atoms with Crippen LogP contribution in [0.2, 0.25) is 0 Å². The highest BCUT2D eigenvalue weighted by molar-refractivity contribution is 5.26. The van der Waals surface area contributed by atoms with E-state index in [1.54, 1.807) is 12.1 Å². The van der Waals surface area contributed by atoms with Crippen LogP contribution in [0.25, 0.3) is 0 Å². The number of benzene rings is 1. The highest BCUT2D eigenvalue weighted by Gasteiger charge is 2.32. The summed E-state index contributed by atoms with van der Waals surface area (Å²) in [4.78, 5) is 2.39. The molecule has 1 aromatic heterocycles. The highest BCUT2D eigenvalue weighted by Crippen LogP contribution is 2.33. The molecule has 0 aliphatic carbocycles. The maximum Gasteiger partial charge on any atom is 0.123 e. The molecule has 1 aliphatic heterocycles. The van der Waals surface area contributed by atoms with Gasteiger partial charge in [0.15, 0.2) is 0 Å². The normalized spacial score (nSPS) is 21.2. The van der Waals surface area contributed by atoms with Crippen LogP contribution < -0.4 is 0 Å². The van der Waals surface area contributed by atoms with Gasteiger partial charge in [-0.3, -0.25) is 9.58 Å². The molecule has 2 aromatic rings. The number of hydrogen-bond donors (Lipinski definition) is 1. The summed E-state index contributed by atoms with van der Waals surface area (Å²) >= 11 is 0. The van der Waals surface area contributed by atoms with Crippen LogP contribution in [0.1, 0.15) is 48.7 Å². The van der Waals surface area contributed by atoms with Crippen LogP contribution in [0, 0.1) is 19.7 Å². The number of aryl methyl sites for hydroxylation is 1. The Kier molecular flexibility index (Phi) is 5.82. The molecule has 0 spiro atoms. The molecule has 0 unspecified atom stereocenters. The number of rotatable bonds is 5. The Morgan fingerprint density at radius 2 is 1.93 bits per heavy atom. The van der Waals surface area contributed by atoms with Crippen molar-refractivity contribution in [1.29, 1.82) is 0 Å². The van der Waals surface area contributed by atoms with Gasteiger partial charge in [0, 0.05) is 24.3 Å². The molecule has 1 aromatic carbocycles. The topological polar surface area (TPSA) is 41.3 Å².